The van der Waals surface area contributed by atoms with Gasteiger partial charge < -0.3 is 0 Å². The van der Waals surface area contributed by atoms with E-state index >= 15 is 0 Å². The Balaban J connectivity index is 2.25. The molecule has 0 aliphatic heterocycles. The first-order chi connectivity index (χ1) is 6.81. The third kappa shape index (κ3) is 1.83. The fraction of sp³-hybridized carbons (Fsp3) is 0.385. The second-order valence-electron chi connectivity index (χ2n) is 3.81. The minimum Gasteiger partial charge on any atom is -0.148 e. The van der Waals surface area contributed by atoms with Gasteiger partial charge in [0.25, 0.3) is 0 Å². The predicted octanol–water partition coefficient (Wildman–Crippen LogP) is 4.44. The van der Waals surface area contributed by atoms with E-state index in [1.807, 2.05) is 11.3 Å². The van der Waals surface area contributed by atoms with E-state index in [1.165, 1.54) is 17.6 Å². The number of hydrogen-bond donors (Lipinski definition) is 0. The van der Waals surface area contributed by atoms with Crippen molar-refractivity contribution in [2.24, 2.45) is 0 Å². The topological polar surface area (TPSA) is 0 Å². The molecule has 1 unspecified atom stereocenters. The summed E-state index contributed by atoms with van der Waals surface area (Å²) in [5, 5.41) is 2.20. The summed E-state index contributed by atoms with van der Waals surface area (Å²) in [5.74, 6) is 0.634. The molecule has 1 aromatic rings. The van der Waals surface area contributed by atoms with E-state index in [0.29, 0.717) is 5.92 Å². The molecule has 0 aromatic carbocycles. The highest BCUT2D eigenvalue weighted by atomic mass is 32.1. The highest BCUT2D eigenvalue weighted by Gasteiger charge is 2.14. The van der Waals surface area contributed by atoms with Crippen molar-refractivity contribution < 1.29 is 0 Å². The van der Waals surface area contributed by atoms with Gasteiger partial charge in [0.15, 0.2) is 0 Å². The average molecular weight is 204 g/mol. The van der Waals surface area contributed by atoms with E-state index in [9.17, 15) is 0 Å². The van der Waals surface area contributed by atoms with Crippen LogP contribution in [0.25, 0.3) is 0 Å². The van der Waals surface area contributed by atoms with Crippen LogP contribution in [0.15, 0.2) is 35.2 Å². The van der Waals surface area contributed by atoms with Crippen LogP contribution in [0.5, 0.6) is 0 Å². The lowest BCUT2D eigenvalue weighted by Gasteiger charge is -2.15. The summed E-state index contributed by atoms with van der Waals surface area (Å²) in [6, 6.07) is 2.22. The predicted molar refractivity (Wildman–Crippen MR) is 63.9 cm³/mol. The minimum atomic E-state index is 0.634. The molecule has 0 radical (unpaired) electrons. The van der Waals surface area contributed by atoms with Crippen LogP contribution in [0.4, 0.5) is 0 Å². The van der Waals surface area contributed by atoms with Crippen molar-refractivity contribution in [2.75, 3.05) is 0 Å². The normalized spacial score (nSPS) is 21.0. The summed E-state index contributed by atoms with van der Waals surface area (Å²) in [7, 11) is 0. The monoisotopic (exact) mass is 204 g/mol. The Kier molecular flexibility index (Phi) is 2.87. The first-order valence-corrected chi connectivity index (χ1v) is 6.10. The fourth-order valence-corrected chi connectivity index (χ4v) is 2.94. The summed E-state index contributed by atoms with van der Waals surface area (Å²) in [5.41, 5.74) is 2.93. The molecule has 0 saturated heterocycles. The van der Waals surface area contributed by atoms with Gasteiger partial charge in [-0.15, -0.1) is 11.3 Å². The van der Waals surface area contributed by atoms with E-state index in [0.717, 1.165) is 6.42 Å². The Morgan fingerprint density at radius 1 is 1.50 bits per heavy atom. The molecule has 1 aromatic heterocycles. The van der Waals surface area contributed by atoms with E-state index in [1.54, 1.807) is 4.88 Å². The molecule has 0 nitrogen and oxygen atoms in total. The first kappa shape index (κ1) is 9.72. The molecule has 1 atom stereocenters. The summed E-state index contributed by atoms with van der Waals surface area (Å²) < 4.78 is 0. The lowest BCUT2D eigenvalue weighted by molar-refractivity contribution is 0.845. The second-order valence-corrected chi connectivity index (χ2v) is 4.76. The zero-order valence-electron chi connectivity index (χ0n) is 8.79. The number of rotatable bonds is 2. The molecule has 1 heterocycles. The Bertz CT molecular complexity index is 368. The van der Waals surface area contributed by atoms with Gasteiger partial charge in [-0.1, -0.05) is 30.7 Å². The Morgan fingerprint density at radius 3 is 3.00 bits per heavy atom. The molecule has 0 N–H and O–H groups in total. The molecule has 0 fully saturated rings. The summed E-state index contributed by atoms with van der Waals surface area (Å²) in [6.45, 7) is 4.43. The van der Waals surface area contributed by atoms with Crippen molar-refractivity contribution in [3.63, 3.8) is 0 Å². The molecule has 0 bridgehead atoms. The SMILES string of the molecule is CCC1=CC(c2sccc2C)CC=C1. The number of hydrogen-bond acceptors (Lipinski definition) is 1. The van der Waals surface area contributed by atoms with Crippen molar-refractivity contribution >= 4 is 11.3 Å². The largest absolute Gasteiger partial charge is 0.148 e. The zero-order valence-corrected chi connectivity index (χ0v) is 9.60. The third-order valence-corrected chi connectivity index (χ3v) is 3.93. The van der Waals surface area contributed by atoms with Gasteiger partial charge in [-0.3, -0.25) is 0 Å². The van der Waals surface area contributed by atoms with Crippen LogP contribution in [-0.4, -0.2) is 0 Å². The van der Waals surface area contributed by atoms with E-state index < -0.39 is 0 Å². The maximum Gasteiger partial charge on any atom is 0.0155 e. The van der Waals surface area contributed by atoms with Gasteiger partial charge >= 0.3 is 0 Å². The molecule has 2 rings (SSSR count). The Morgan fingerprint density at radius 2 is 2.36 bits per heavy atom. The van der Waals surface area contributed by atoms with Crippen molar-refractivity contribution in [3.05, 3.63) is 45.7 Å². The van der Waals surface area contributed by atoms with E-state index in [-0.39, 0.29) is 0 Å². The van der Waals surface area contributed by atoms with Gasteiger partial charge in [-0.2, -0.15) is 0 Å². The van der Waals surface area contributed by atoms with Crippen LogP contribution < -0.4 is 0 Å². The highest BCUT2D eigenvalue weighted by molar-refractivity contribution is 7.10. The first-order valence-electron chi connectivity index (χ1n) is 5.22. The number of thiophene rings is 1. The maximum atomic E-state index is 2.43. The van der Waals surface area contributed by atoms with Crippen LogP contribution in [0.1, 0.15) is 36.1 Å². The third-order valence-electron chi connectivity index (χ3n) is 2.78. The van der Waals surface area contributed by atoms with E-state index in [4.69, 9.17) is 0 Å². The lowest BCUT2D eigenvalue weighted by atomic mass is 9.92. The van der Waals surface area contributed by atoms with Gasteiger partial charge in [-0.25, -0.2) is 0 Å². The summed E-state index contributed by atoms with van der Waals surface area (Å²) >= 11 is 1.89. The van der Waals surface area contributed by atoms with Gasteiger partial charge in [0.05, 0.1) is 0 Å². The molecule has 1 heteroatoms. The Labute approximate surface area is 90.0 Å². The minimum absolute atomic E-state index is 0.634. The van der Waals surface area contributed by atoms with Crippen molar-refractivity contribution in [1.29, 1.82) is 0 Å². The van der Waals surface area contributed by atoms with Crippen LogP contribution in [-0.2, 0) is 0 Å². The molecule has 0 spiro atoms. The number of aryl methyl sites for hydroxylation is 1. The van der Waals surface area contributed by atoms with E-state index in [2.05, 4.69) is 43.5 Å². The quantitative estimate of drug-likeness (QED) is 0.668. The highest BCUT2D eigenvalue weighted by Crippen LogP contribution is 2.33. The van der Waals surface area contributed by atoms with Gasteiger partial charge in [-0.05, 0) is 36.8 Å². The molecule has 0 amide bonds. The standard InChI is InChI=1S/C13H16S/c1-3-11-5-4-6-12(9-11)13-10(2)7-8-14-13/h4-5,7-9,12H,3,6H2,1-2H3. The lowest BCUT2D eigenvalue weighted by Crippen LogP contribution is -1.98. The van der Waals surface area contributed by atoms with Crippen molar-refractivity contribution in [1.82, 2.24) is 0 Å². The Hall–Kier alpha value is -0.820. The van der Waals surface area contributed by atoms with Crippen molar-refractivity contribution in [2.45, 2.75) is 32.6 Å². The molecule has 14 heavy (non-hydrogen) atoms. The van der Waals surface area contributed by atoms with Crippen LogP contribution in [0, 0.1) is 6.92 Å². The van der Waals surface area contributed by atoms with Gasteiger partial charge in [0.2, 0.25) is 0 Å². The second kappa shape index (κ2) is 4.14. The van der Waals surface area contributed by atoms with Gasteiger partial charge in [0, 0.05) is 10.8 Å². The molecule has 0 saturated carbocycles. The van der Waals surface area contributed by atoms with Crippen molar-refractivity contribution in [3.8, 4) is 0 Å². The zero-order chi connectivity index (χ0) is 9.97. The molecule has 1 aliphatic rings. The van der Waals surface area contributed by atoms with Crippen LogP contribution in [0.3, 0.4) is 0 Å². The fourth-order valence-electron chi connectivity index (χ4n) is 1.93. The molecule has 1 aliphatic carbocycles. The maximum absolute atomic E-state index is 2.43. The smallest absolute Gasteiger partial charge is 0.0155 e. The van der Waals surface area contributed by atoms with Crippen LogP contribution in [0.2, 0.25) is 0 Å². The van der Waals surface area contributed by atoms with Crippen LogP contribution >= 0.6 is 11.3 Å². The molecular formula is C13H16S. The average Bonchev–Trinajstić information content (AvgIpc) is 2.65. The molecule has 74 valence electrons. The molecular weight excluding hydrogens is 188 g/mol. The number of allylic oxidation sites excluding steroid dienone is 4. The van der Waals surface area contributed by atoms with Gasteiger partial charge in [0.1, 0.15) is 0 Å². The summed E-state index contributed by atoms with van der Waals surface area (Å²) in [4.78, 5) is 1.54. The summed E-state index contributed by atoms with van der Waals surface area (Å²) in [6.07, 6.45) is 9.32.